The first kappa shape index (κ1) is 31.0. The Labute approximate surface area is 246 Å². The summed E-state index contributed by atoms with van der Waals surface area (Å²) in [5, 5.41) is 15.5. The SMILES string of the molecule is COc1c(CN(C)CCN(C)C)cc(C(F)(F)F)cc1NC(=O)c1ccc(Cl)c(-n2cc(-c3cnn(C)c3C)nn2)c1. The third-order valence-corrected chi connectivity index (χ3v) is 7.09. The van der Waals surface area contributed by atoms with Crippen molar-refractivity contribution < 1.29 is 22.7 Å². The van der Waals surface area contributed by atoms with Crippen LogP contribution in [0.2, 0.25) is 5.02 Å². The van der Waals surface area contributed by atoms with Gasteiger partial charge in [0.1, 0.15) is 11.4 Å². The second-order valence-electron chi connectivity index (χ2n) is 10.2. The van der Waals surface area contributed by atoms with Gasteiger partial charge in [-0.2, -0.15) is 18.3 Å². The summed E-state index contributed by atoms with van der Waals surface area (Å²) in [4.78, 5) is 17.2. The van der Waals surface area contributed by atoms with E-state index in [9.17, 15) is 18.0 Å². The Kier molecular flexibility index (Phi) is 9.24. The van der Waals surface area contributed by atoms with Crippen molar-refractivity contribution in [2.24, 2.45) is 7.05 Å². The van der Waals surface area contributed by atoms with Gasteiger partial charge >= 0.3 is 6.18 Å². The van der Waals surface area contributed by atoms with E-state index in [1.54, 1.807) is 17.1 Å². The number of halogens is 4. The average Bonchev–Trinajstić information content (AvgIpc) is 3.53. The maximum Gasteiger partial charge on any atom is 0.416 e. The first-order valence-electron chi connectivity index (χ1n) is 12.9. The molecule has 2 aromatic heterocycles. The third kappa shape index (κ3) is 6.92. The van der Waals surface area contributed by atoms with Crippen molar-refractivity contribution in [3.05, 3.63) is 70.1 Å². The van der Waals surface area contributed by atoms with E-state index in [1.165, 1.54) is 30.0 Å². The predicted molar refractivity (Wildman–Crippen MR) is 154 cm³/mol. The van der Waals surface area contributed by atoms with Crippen molar-refractivity contribution in [2.45, 2.75) is 19.6 Å². The molecule has 224 valence electrons. The number of alkyl halides is 3. The van der Waals surface area contributed by atoms with E-state index in [0.29, 0.717) is 28.5 Å². The lowest BCUT2D eigenvalue weighted by atomic mass is 10.1. The minimum atomic E-state index is -4.63. The molecule has 0 radical (unpaired) electrons. The number of nitrogens with one attached hydrogen (secondary N) is 1. The van der Waals surface area contributed by atoms with Gasteiger partial charge in [-0.05, 0) is 58.4 Å². The highest BCUT2D eigenvalue weighted by atomic mass is 35.5. The van der Waals surface area contributed by atoms with Crippen LogP contribution in [-0.4, -0.2) is 81.8 Å². The van der Waals surface area contributed by atoms with Crippen molar-refractivity contribution in [1.82, 2.24) is 34.6 Å². The van der Waals surface area contributed by atoms with E-state index < -0.39 is 17.6 Å². The van der Waals surface area contributed by atoms with Gasteiger partial charge in [-0.1, -0.05) is 16.8 Å². The van der Waals surface area contributed by atoms with E-state index in [1.807, 2.05) is 44.9 Å². The van der Waals surface area contributed by atoms with Crippen LogP contribution in [0.3, 0.4) is 0 Å². The van der Waals surface area contributed by atoms with Crippen LogP contribution in [0.5, 0.6) is 5.75 Å². The van der Waals surface area contributed by atoms with E-state index in [-0.39, 0.29) is 23.5 Å². The van der Waals surface area contributed by atoms with E-state index in [0.717, 1.165) is 29.9 Å². The molecule has 0 bridgehead atoms. The summed E-state index contributed by atoms with van der Waals surface area (Å²) in [7, 11) is 8.81. The number of hydrogen-bond acceptors (Lipinski definition) is 7. The number of methoxy groups -OCH3 is 1. The number of ether oxygens (including phenoxy) is 1. The van der Waals surface area contributed by atoms with Gasteiger partial charge in [-0.15, -0.1) is 5.10 Å². The summed E-state index contributed by atoms with van der Waals surface area (Å²) in [6, 6.07) is 6.39. The number of benzene rings is 2. The molecule has 2 heterocycles. The molecule has 0 fully saturated rings. The highest BCUT2D eigenvalue weighted by molar-refractivity contribution is 6.32. The summed E-state index contributed by atoms with van der Waals surface area (Å²) in [6.07, 6.45) is -1.30. The number of amides is 1. The summed E-state index contributed by atoms with van der Waals surface area (Å²) < 4.78 is 50.2. The van der Waals surface area contributed by atoms with E-state index >= 15 is 0 Å². The summed E-state index contributed by atoms with van der Waals surface area (Å²) in [5.74, 6) is -0.504. The molecule has 4 aromatic rings. The van der Waals surface area contributed by atoms with Crippen molar-refractivity contribution in [2.75, 3.05) is 46.7 Å². The highest BCUT2D eigenvalue weighted by Crippen LogP contribution is 2.38. The molecular weight excluding hydrogens is 573 g/mol. The lowest BCUT2D eigenvalue weighted by Crippen LogP contribution is -2.28. The number of aromatic nitrogens is 5. The summed E-state index contributed by atoms with van der Waals surface area (Å²) in [5.41, 5.74) is 2.04. The molecule has 0 spiro atoms. The molecule has 0 atom stereocenters. The van der Waals surface area contributed by atoms with Gasteiger partial charge in [0.2, 0.25) is 0 Å². The van der Waals surface area contributed by atoms with Gasteiger partial charge in [0.25, 0.3) is 5.91 Å². The number of anilines is 1. The van der Waals surface area contributed by atoms with Gasteiger partial charge < -0.3 is 19.9 Å². The molecule has 0 aliphatic heterocycles. The largest absolute Gasteiger partial charge is 0.494 e. The third-order valence-electron chi connectivity index (χ3n) is 6.77. The Morgan fingerprint density at radius 1 is 1.14 bits per heavy atom. The Balaban J connectivity index is 1.65. The molecule has 0 unspecified atom stereocenters. The quantitative estimate of drug-likeness (QED) is 0.275. The number of likely N-dealkylation sites (N-methyl/N-ethyl adjacent to an activating group) is 2. The molecule has 0 saturated heterocycles. The van der Waals surface area contributed by atoms with Crippen molar-refractivity contribution in [3.8, 4) is 22.7 Å². The molecule has 1 N–H and O–H groups in total. The van der Waals surface area contributed by atoms with Crippen molar-refractivity contribution >= 4 is 23.2 Å². The van der Waals surface area contributed by atoms with Gasteiger partial charge in [-0.25, -0.2) is 4.68 Å². The smallest absolute Gasteiger partial charge is 0.416 e. The van der Waals surface area contributed by atoms with Gasteiger partial charge in [0, 0.05) is 49.1 Å². The predicted octanol–water partition coefficient (Wildman–Crippen LogP) is 4.90. The Bertz CT molecular complexity index is 1580. The topological polar surface area (TPSA) is 93.3 Å². The average molecular weight is 605 g/mol. The van der Waals surface area contributed by atoms with Crippen molar-refractivity contribution in [1.29, 1.82) is 0 Å². The first-order chi connectivity index (χ1) is 19.8. The number of aryl methyl sites for hydroxylation is 1. The van der Waals surface area contributed by atoms with Crippen LogP contribution < -0.4 is 10.1 Å². The van der Waals surface area contributed by atoms with Crippen LogP contribution in [0.15, 0.2) is 42.7 Å². The lowest BCUT2D eigenvalue weighted by molar-refractivity contribution is -0.137. The molecule has 10 nitrogen and oxygen atoms in total. The van der Waals surface area contributed by atoms with Crippen LogP contribution in [0, 0.1) is 6.92 Å². The van der Waals surface area contributed by atoms with E-state index in [4.69, 9.17) is 16.3 Å². The lowest BCUT2D eigenvalue weighted by Gasteiger charge is -2.23. The molecule has 14 heteroatoms. The number of hydrogen-bond donors (Lipinski definition) is 1. The standard InChI is InChI=1S/C28H32ClF3N8O2/c1-17-21(14-33-39(17)5)24-16-40(36-35-24)25-12-18(7-8-22(25)29)27(41)34-23-13-20(28(30,31)32)11-19(26(23)42-6)15-38(4)10-9-37(2)3/h7-8,11-14,16H,9-10,15H2,1-6H3,(H,34,41). The molecule has 0 saturated carbocycles. The number of carbonyl (C=O) groups is 1. The Morgan fingerprint density at radius 3 is 2.50 bits per heavy atom. The number of carbonyl (C=O) groups excluding carboxylic acids is 1. The summed E-state index contributed by atoms with van der Waals surface area (Å²) in [6.45, 7) is 3.41. The van der Waals surface area contributed by atoms with Crippen LogP contribution >= 0.6 is 11.6 Å². The molecular formula is C28H32ClF3N8O2. The van der Waals surface area contributed by atoms with Gasteiger partial charge in [0.05, 0.1) is 41.5 Å². The molecule has 4 rings (SSSR count). The fourth-order valence-corrected chi connectivity index (χ4v) is 4.53. The molecule has 0 aliphatic rings. The zero-order chi connectivity index (χ0) is 30.8. The Hall–Kier alpha value is -3.94. The molecule has 1 amide bonds. The zero-order valence-corrected chi connectivity index (χ0v) is 24.9. The van der Waals surface area contributed by atoms with Crippen LogP contribution in [0.25, 0.3) is 16.9 Å². The van der Waals surface area contributed by atoms with Crippen LogP contribution in [0.1, 0.15) is 27.2 Å². The molecule has 42 heavy (non-hydrogen) atoms. The van der Waals surface area contributed by atoms with Gasteiger partial charge in [0.15, 0.2) is 0 Å². The second-order valence-corrected chi connectivity index (χ2v) is 10.6. The normalized spacial score (nSPS) is 11.9. The minimum Gasteiger partial charge on any atom is -0.494 e. The first-order valence-corrected chi connectivity index (χ1v) is 13.3. The van der Waals surface area contributed by atoms with Gasteiger partial charge in [-0.3, -0.25) is 9.48 Å². The minimum absolute atomic E-state index is 0.0973. The van der Waals surface area contributed by atoms with E-state index in [2.05, 4.69) is 20.7 Å². The fourth-order valence-electron chi connectivity index (χ4n) is 4.32. The highest BCUT2D eigenvalue weighted by Gasteiger charge is 2.33. The summed E-state index contributed by atoms with van der Waals surface area (Å²) >= 11 is 6.43. The number of nitrogens with zero attached hydrogens (tertiary/aromatic N) is 7. The monoisotopic (exact) mass is 604 g/mol. The van der Waals surface area contributed by atoms with Crippen LogP contribution in [-0.2, 0) is 19.8 Å². The maximum absolute atomic E-state index is 13.9. The molecule has 2 aromatic carbocycles. The Morgan fingerprint density at radius 2 is 1.88 bits per heavy atom. The van der Waals surface area contributed by atoms with Crippen molar-refractivity contribution in [3.63, 3.8) is 0 Å². The zero-order valence-electron chi connectivity index (χ0n) is 24.1. The number of rotatable bonds is 10. The molecule has 0 aliphatic carbocycles. The second kappa shape index (κ2) is 12.5. The fraction of sp³-hybridized carbons (Fsp3) is 0.357. The van der Waals surface area contributed by atoms with Crippen LogP contribution in [0.4, 0.5) is 18.9 Å². The maximum atomic E-state index is 13.9.